The number of nitrogens with one attached hydrogen (secondary N) is 1. The van der Waals surface area contributed by atoms with Gasteiger partial charge in [0.15, 0.2) is 0 Å². The minimum Gasteiger partial charge on any atom is -0.369 e. The van der Waals surface area contributed by atoms with Crippen LogP contribution < -0.4 is 11.1 Å². The van der Waals surface area contributed by atoms with E-state index in [-0.39, 0.29) is 23.9 Å². The van der Waals surface area contributed by atoms with Gasteiger partial charge in [-0.2, -0.15) is 4.31 Å². The van der Waals surface area contributed by atoms with Crippen molar-refractivity contribution in [3.05, 3.63) is 40.4 Å². The Morgan fingerprint density at radius 2 is 1.84 bits per heavy atom. The predicted octanol–water partition coefficient (Wildman–Crippen LogP) is 1.99. The van der Waals surface area contributed by atoms with E-state index in [2.05, 4.69) is 5.32 Å². The highest BCUT2D eigenvalue weighted by molar-refractivity contribution is 7.98. The molecular weight excluding hydrogens is 385 g/mol. The zero-order valence-corrected chi connectivity index (χ0v) is 16.8. The number of carbonyl (C=O) groups is 1. The third-order valence-corrected chi connectivity index (χ3v) is 6.56. The summed E-state index contributed by atoms with van der Waals surface area (Å²) in [6, 6.07) is 6.64. The lowest BCUT2D eigenvalue weighted by molar-refractivity contribution is -0.118. The van der Waals surface area contributed by atoms with Crippen molar-refractivity contribution in [3.63, 3.8) is 0 Å². The number of nitrogens with zero attached hydrogens (tertiary/aromatic N) is 1. The van der Waals surface area contributed by atoms with Crippen LogP contribution in [0.5, 0.6) is 0 Å². The van der Waals surface area contributed by atoms with Gasteiger partial charge in [0.1, 0.15) is 0 Å². The highest BCUT2D eigenvalue weighted by Crippen LogP contribution is 2.44. The van der Waals surface area contributed by atoms with Crippen LogP contribution in [0.4, 0.5) is 0 Å². The molecule has 3 N–H and O–H groups in total. The number of hydrogen-bond donors (Lipinski definition) is 2. The van der Waals surface area contributed by atoms with Crippen LogP contribution in [-0.2, 0) is 14.8 Å². The van der Waals surface area contributed by atoms with Crippen molar-refractivity contribution in [1.82, 2.24) is 9.62 Å². The Morgan fingerprint density at radius 3 is 2.32 bits per heavy atom. The number of primary amides is 1. The lowest BCUT2D eigenvalue weighted by atomic mass is 9.91. The third kappa shape index (κ3) is 4.17. The minimum atomic E-state index is -3.85. The average Bonchev–Trinajstić information content (AvgIpc) is 2.63. The molecule has 0 aromatic heterocycles. The van der Waals surface area contributed by atoms with E-state index in [0.29, 0.717) is 29.2 Å². The molecule has 2 rings (SSSR count). The van der Waals surface area contributed by atoms with Gasteiger partial charge in [0.05, 0.1) is 17.0 Å². The van der Waals surface area contributed by atoms with Gasteiger partial charge in [-0.15, -0.1) is 12.4 Å². The Bertz CT molecular complexity index is 774. The molecule has 0 unspecified atom stereocenters. The topological polar surface area (TPSA) is 92.5 Å². The van der Waals surface area contributed by atoms with Gasteiger partial charge in [-0.05, 0) is 43.7 Å². The van der Waals surface area contributed by atoms with E-state index in [1.54, 1.807) is 38.1 Å². The van der Waals surface area contributed by atoms with E-state index in [0.717, 1.165) is 0 Å². The molecule has 0 radical (unpaired) electrons. The second-order valence-corrected chi connectivity index (χ2v) is 8.37. The number of carbonyl (C=O) groups excluding carboxylic acids is 1. The zero-order chi connectivity index (χ0) is 18.1. The molecule has 0 saturated carbocycles. The van der Waals surface area contributed by atoms with Gasteiger partial charge in [-0.25, -0.2) is 8.42 Å². The zero-order valence-electron chi connectivity index (χ0n) is 14.4. The first kappa shape index (κ1) is 21.9. The van der Waals surface area contributed by atoms with Crippen molar-refractivity contribution < 1.29 is 13.2 Å². The molecule has 1 aliphatic rings. The largest absolute Gasteiger partial charge is 0.369 e. The van der Waals surface area contributed by atoms with E-state index < -0.39 is 21.5 Å². The third-order valence-electron chi connectivity index (χ3n) is 4.14. The smallest absolute Gasteiger partial charge is 0.245 e. The van der Waals surface area contributed by atoms with Crippen molar-refractivity contribution in [2.24, 2.45) is 5.73 Å². The summed E-state index contributed by atoms with van der Waals surface area (Å²) in [5, 5.41) is 3.70. The molecule has 0 bridgehead atoms. The van der Waals surface area contributed by atoms with Crippen molar-refractivity contribution >= 4 is 44.8 Å². The standard InChI is InChI=1S/C16H22ClN3O3S.ClH/c1-4-19-9-13-15(11-5-7-12(17)8-6-11)24(22,23)20(10-14(18)21)16(13,2)3;/h5-8,19H,4,9-10H2,1-3H3,(H2,18,21);1H. The van der Waals surface area contributed by atoms with Gasteiger partial charge >= 0.3 is 0 Å². The Hall–Kier alpha value is -1.12. The van der Waals surface area contributed by atoms with Crippen LogP contribution in [-0.4, -0.2) is 43.8 Å². The second-order valence-electron chi connectivity index (χ2n) is 6.13. The Morgan fingerprint density at radius 1 is 1.28 bits per heavy atom. The van der Waals surface area contributed by atoms with Gasteiger partial charge < -0.3 is 11.1 Å². The Labute approximate surface area is 159 Å². The first-order valence-corrected chi connectivity index (χ1v) is 9.45. The summed E-state index contributed by atoms with van der Waals surface area (Å²) < 4.78 is 27.4. The fourth-order valence-corrected chi connectivity index (χ4v) is 5.31. The molecule has 0 fully saturated rings. The molecule has 140 valence electrons. The van der Waals surface area contributed by atoms with E-state index in [1.807, 2.05) is 6.92 Å². The normalized spacial score (nSPS) is 18.9. The summed E-state index contributed by atoms with van der Waals surface area (Å²) >= 11 is 5.91. The first-order valence-electron chi connectivity index (χ1n) is 7.63. The molecule has 1 aromatic carbocycles. The molecular formula is C16H23Cl2N3O3S. The van der Waals surface area contributed by atoms with Crippen molar-refractivity contribution in [3.8, 4) is 0 Å². The summed E-state index contributed by atoms with van der Waals surface area (Å²) in [5.74, 6) is -0.688. The quantitative estimate of drug-likeness (QED) is 0.753. The number of rotatable bonds is 6. The summed E-state index contributed by atoms with van der Waals surface area (Å²) in [5.41, 5.74) is 5.66. The van der Waals surface area contributed by atoms with Crippen LogP contribution >= 0.6 is 24.0 Å². The van der Waals surface area contributed by atoms with Crippen LogP contribution in [0.15, 0.2) is 29.8 Å². The maximum absolute atomic E-state index is 13.1. The Kier molecular flexibility index (Phi) is 7.06. The van der Waals surface area contributed by atoms with Crippen LogP contribution in [0.3, 0.4) is 0 Å². The molecule has 1 amide bonds. The molecule has 0 saturated heterocycles. The summed E-state index contributed by atoms with van der Waals surface area (Å²) in [6.07, 6.45) is 0. The van der Waals surface area contributed by atoms with Crippen LogP contribution in [0.2, 0.25) is 5.02 Å². The van der Waals surface area contributed by atoms with E-state index in [1.165, 1.54) is 4.31 Å². The molecule has 0 atom stereocenters. The summed E-state index contributed by atoms with van der Waals surface area (Å²) in [7, 11) is -3.85. The molecule has 25 heavy (non-hydrogen) atoms. The molecule has 0 aliphatic carbocycles. The first-order chi connectivity index (χ1) is 11.1. The number of sulfonamides is 1. The van der Waals surface area contributed by atoms with Crippen LogP contribution in [0.25, 0.3) is 4.91 Å². The number of halogens is 2. The van der Waals surface area contributed by atoms with Crippen LogP contribution in [0, 0.1) is 0 Å². The minimum absolute atomic E-state index is 0. The monoisotopic (exact) mass is 407 g/mol. The fourth-order valence-electron chi connectivity index (χ4n) is 2.89. The number of benzene rings is 1. The lowest BCUT2D eigenvalue weighted by Crippen LogP contribution is -2.48. The predicted molar refractivity (Wildman–Crippen MR) is 103 cm³/mol. The van der Waals surface area contributed by atoms with E-state index >= 15 is 0 Å². The molecule has 6 nitrogen and oxygen atoms in total. The van der Waals surface area contributed by atoms with Gasteiger partial charge in [-0.3, -0.25) is 4.79 Å². The molecule has 0 spiro atoms. The summed E-state index contributed by atoms with van der Waals surface area (Å²) in [4.78, 5) is 11.6. The lowest BCUT2D eigenvalue weighted by Gasteiger charge is -2.31. The maximum atomic E-state index is 13.1. The highest BCUT2D eigenvalue weighted by Gasteiger charge is 2.50. The van der Waals surface area contributed by atoms with Gasteiger partial charge in [0.2, 0.25) is 15.9 Å². The number of likely N-dealkylation sites (N-methyl/N-ethyl adjacent to an activating group) is 1. The number of nitrogens with two attached hydrogens (primary N) is 1. The second kappa shape index (κ2) is 8.05. The van der Waals surface area contributed by atoms with Gasteiger partial charge in [0.25, 0.3) is 0 Å². The molecule has 1 aliphatic heterocycles. The molecule has 9 heteroatoms. The van der Waals surface area contributed by atoms with E-state index in [9.17, 15) is 13.2 Å². The summed E-state index contributed by atoms with van der Waals surface area (Å²) in [6.45, 7) is 6.24. The average molecular weight is 408 g/mol. The maximum Gasteiger partial charge on any atom is 0.245 e. The van der Waals surface area contributed by atoms with Gasteiger partial charge in [-0.1, -0.05) is 30.7 Å². The van der Waals surface area contributed by atoms with Gasteiger partial charge in [0, 0.05) is 11.6 Å². The highest BCUT2D eigenvalue weighted by atomic mass is 35.5. The van der Waals surface area contributed by atoms with Crippen molar-refractivity contribution in [1.29, 1.82) is 0 Å². The molecule has 1 heterocycles. The number of hydrogen-bond acceptors (Lipinski definition) is 4. The van der Waals surface area contributed by atoms with Crippen LogP contribution in [0.1, 0.15) is 26.3 Å². The SMILES string of the molecule is CCNCC1=C(c2ccc(Cl)cc2)S(=O)(=O)N(CC(N)=O)C1(C)C.Cl. The van der Waals surface area contributed by atoms with Crippen molar-refractivity contribution in [2.75, 3.05) is 19.6 Å². The van der Waals surface area contributed by atoms with E-state index in [4.69, 9.17) is 17.3 Å². The number of amides is 1. The molecule has 1 aromatic rings. The fraction of sp³-hybridized carbons (Fsp3) is 0.438. The van der Waals surface area contributed by atoms with Crippen molar-refractivity contribution in [2.45, 2.75) is 26.3 Å². The Balaban J connectivity index is 0.00000312.